The lowest BCUT2D eigenvalue weighted by Crippen LogP contribution is -2.20. The number of rotatable bonds is 2. The second-order valence-electron chi connectivity index (χ2n) is 4.11. The summed E-state index contributed by atoms with van der Waals surface area (Å²) < 4.78 is 14.2. The molecule has 2 nitrogen and oxygen atoms in total. The Bertz CT molecular complexity index is 574. The molecule has 0 fully saturated rings. The molecule has 0 aliphatic rings. The van der Waals surface area contributed by atoms with Crippen LogP contribution in [0.2, 0.25) is 0 Å². The number of carbonyl (C=O) groups excluding carboxylic acids is 1. The summed E-state index contributed by atoms with van der Waals surface area (Å²) in [6.45, 7) is 2.03. The van der Waals surface area contributed by atoms with Gasteiger partial charge in [-0.25, -0.2) is 4.39 Å². The van der Waals surface area contributed by atoms with Crippen LogP contribution in [0.15, 0.2) is 18.2 Å². The van der Waals surface area contributed by atoms with Crippen LogP contribution in [0, 0.1) is 5.82 Å². The van der Waals surface area contributed by atoms with Gasteiger partial charge >= 0.3 is 0 Å². The number of fused-ring (bicyclic) bond motifs is 1. The average molecular weight is 251 g/mol. The third-order valence-electron chi connectivity index (χ3n) is 2.72. The molecular weight excluding hydrogens is 237 g/mol. The van der Waals surface area contributed by atoms with Gasteiger partial charge in [0, 0.05) is 14.1 Å². The molecule has 4 heteroatoms. The summed E-state index contributed by atoms with van der Waals surface area (Å²) >= 11 is 1.22. The fourth-order valence-corrected chi connectivity index (χ4v) is 2.91. The molecule has 0 radical (unpaired) electrons. The SMILES string of the molecule is CCc1ccc(F)c2sc(C(=O)N(C)C)cc12. The van der Waals surface area contributed by atoms with E-state index in [1.54, 1.807) is 26.2 Å². The van der Waals surface area contributed by atoms with Crippen molar-refractivity contribution in [1.29, 1.82) is 0 Å². The summed E-state index contributed by atoms with van der Waals surface area (Å²) in [6.07, 6.45) is 0.836. The van der Waals surface area contributed by atoms with E-state index >= 15 is 0 Å². The lowest BCUT2D eigenvalue weighted by Gasteiger charge is -2.06. The van der Waals surface area contributed by atoms with Crippen LogP contribution in [0.5, 0.6) is 0 Å². The Hall–Kier alpha value is -1.42. The summed E-state index contributed by atoms with van der Waals surface area (Å²) in [5, 5.41) is 0.864. The molecule has 1 amide bonds. The first-order valence-electron chi connectivity index (χ1n) is 5.47. The van der Waals surface area contributed by atoms with Gasteiger partial charge in [-0.2, -0.15) is 0 Å². The number of hydrogen-bond acceptors (Lipinski definition) is 2. The molecule has 0 saturated heterocycles. The number of amides is 1. The lowest BCUT2D eigenvalue weighted by atomic mass is 10.1. The van der Waals surface area contributed by atoms with E-state index in [-0.39, 0.29) is 11.7 Å². The summed E-state index contributed by atoms with van der Waals surface area (Å²) in [6, 6.07) is 5.06. The zero-order chi connectivity index (χ0) is 12.6. The van der Waals surface area contributed by atoms with Gasteiger partial charge in [0.25, 0.3) is 5.91 Å². The fraction of sp³-hybridized carbons (Fsp3) is 0.308. The molecule has 0 unspecified atom stereocenters. The van der Waals surface area contributed by atoms with Crippen LogP contribution in [-0.4, -0.2) is 24.9 Å². The van der Waals surface area contributed by atoms with Crippen molar-refractivity contribution >= 4 is 27.3 Å². The fourth-order valence-electron chi connectivity index (χ4n) is 1.78. The molecule has 0 spiro atoms. The Kier molecular flexibility index (Phi) is 3.15. The van der Waals surface area contributed by atoms with Crippen molar-refractivity contribution in [2.24, 2.45) is 0 Å². The van der Waals surface area contributed by atoms with Crippen molar-refractivity contribution in [3.8, 4) is 0 Å². The van der Waals surface area contributed by atoms with E-state index in [4.69, 9.17) is 0 Å². The molecule has 17 heavy (non-hydrogen) atoms. The monoisotopic (exact) mass is 251 g/mol. The molecule has 1 aromatic heterocycles. The van der Waals surface area contributed by atoms with Crippen molar-refractivity contribution in [3.05, 3.63) is 34.5 Å². The molecule has 0 aliphatic heterocycles. The van der Waals surface area contributed by atoms with Crippen LogP contribution in [-0.2, 0) is 6.42 Å². The van der Waals surface area contributed by atoms with E-state index in [1.807, 2.05) is 6.92 Å². The number of thiophene rings is 1. The molecule has 0 atom stereocenters. The minimum atomic E-state index is -0.250. The van der Waals surface area contributed by atoms with Gasteiger partial charge in [-0.1, -0.05) is 13.0 Å². The molecule has 90 valence electrons. The Balaban J connectivity index is 2.64. The van der Waals surface area contributed by atoms with Gasteiger partial charge < -0.3 is 4.90 Å². The van der Waals surface area contributed by atoms with E-state index in [0.717, 1.165) is 17.4 Å². The zero-order valence-corrected chi connectivity index (χ0v) is 10.9. The number of hydrogen-bond donors (Lipinski definition) is 0. The van der Waals surface area contributed by atoms with E-state index in [0.29, 0.717) is 9.58 Å². The molecule has 0 saturated carbocycles. The number of benzene rings is 1. The highest BCUT2D eigenvalue weighted by atomic mass is 32.1. The Morgan fingerprint density at radius 3 is 2.71 bits per heavy atom. The van der Waals surface area contributed by atoms with Gasteiger partial charge in [0.15, 0.2) is 0 Å². The first-order chi connectivity index (χ1) is 8.04. The average Bonchev–Trinajstić information content (AvgIpc) is 2.74. The molecule has 2 rings (SSSR count). The summed E-state index contributed by atoms with van der Waals surface area (Å²) in [5.74, 6) is -0.326. The highest BCUT2D eigenvalue weighted by molar-refractivity contribution is 7.20. The van der Waals surface area contributed by atoms with Crippen molar-refractivity contribution in [2.45, 2.75) is 13.3 Å². The van der Waals surface area contributed by atoms with Crippen LogP contribution in [0.3, 0.4) is 0 Å². The maximum atomic E-state index is 13.7. The largest absolute Gasteiger partial charge is 0.344 e. The van der Waals surface area contributed by atoms with Crippen molar-refractivity contribution in [2.75, 3.05) is 14.1 Å². The molecule has 2 aromatic rings. The third kappa shape index (κ3) is 2.05. The van der Waals surface area contributed by atoms with Gasteiger partial charge in [0.05, 0.1) is 9.58 Å². The highest BCUT2D eigenvalue weighted by Gasteiger charge is 2.15. The van der Waals surface area contributed by atoms with Crippen LogP contribution < -0.4 is 0 Å². The predicted octanol–water partition coefficient (Wildman–Crippen LogP) is 3.30. The van der Waals surface area contributed by atoms with E-state index in [9.17, 15) is 9.18 Å². The predicted molar refractivity (Wildman–Crippen MR) is 69.2 cm³/mol. The maximum Gasteiger partial charge on any atom is 0.263 e. The van der Waals surface area contributed by atoms with Crippen LogP contribution in [0.4, 0.5) is 4.39 Å². The van der Waals surface area contributed by atoms with Crippen LogP contribution in [0.25, 0.3) is 10.1 Å². The summed E-state index contributed by atoms with van der Waals surface area (Å²) in [5.41, 5.74) is 1.08. The van der Waals surface area contributed by atoms with Gasteiger partial charge in [-0.3, -0.25) is 4.79 Å². The Labute approximate surface area is 104 Å². The van der Waals surface area contributed by atoms with E-state index in [2.05, 4.69) is 0 Å². The molecule has 0 aliphatic carbocycles. The Morgan fingerprint density at radius 2 is 2.12 bits per heavy atom. The number of carbonyl (C=O) groups is 1. The first kappa shape index (κ1) is 12.0. The van der Waals surface area contributed by atoms with Crippen molar-refractivity contribution < 1.29 is 9.18 Å². The van der Waals surface area contributed by atoms with Gasteiger partial charge in [0.2, 0.25) is 0 Å². The normalized spacial score (nSPS) is 10.8. The van der Waals surface area contributed by atoms with Crippen LogP contribution in [0.1, 0.15) is 22.2 Å². The van der Waals surface area contributed by atoms with Crippen LogP contribution >= 0.6 is 11.3 Å². The third-order valence-corrected chi connectivity index (χ3v) is 3.86. The topological polar surface area (TPSA) is 20.3 Å². The second-order valence-corrected chi connectivity index (χ2v) is 5.17. The minimum absolute atomic E-state index is 0.0762. The van der Waals surface area contributed by atoms with E-state index in [1.165, 1.54) is 22.3 Å². The quantitative estimate of drug-likeness (QED) is 0.802. The zero-order valence-electron chi connectivity index (χ0n) is 10.1. The van der Waals surface area contributed by atoms with Gasteiger partial charge in [-0.05, 0) is 29.5 Å². The number of halogens is 1. The number of nitrogens with zero attached hydrogens (tertiary/aromatic N) is 1. The standard InChI is InChI=1S/C13H14FNOS/c1-4-8-5-6-10(14)12-9(8)7-11(17-12)13(16)15(2)3/h5-7H,4H2,1-3H3. The second kappa shape index (κ2) is 4.45. The molecule has 0 N–H and O–H groups in total. The first-order valence-corrected chi connectivity index (χ1v) is 6.28. The van der Waals surface area contributed by atoms with Crippen molar-refractivity contribution in [3.63, 3.8) is 0 Å². The maximum absolute atomic E-state index is 13.7. The molecule has 1 heterocycles. The summed E-state index contributed by atoms with van der Waals surface area (Å²) in [4.78, 5) is 13.9. The van der Waals surface area contributed by atoms with Gasteiger partial charge in [0.1, 0.15) is 5.82 Å². The molecule has 1 aromatic carbocycles. The van der Waals surface area contributed by atoms with Crippen molar-refractivity contribution in [1.82, 2.24) is 4.90 Å². The minimum Gasteiger partial charge on any atom is -0.344 e. The Morgan fingerprint density at radius 1 is 1.41 bits per heavy atom. The number of aryl methyl sites for hydroxylation is 1. The highest BCUT2D eigenvalue weighted by Crippen LogP contribution is 2.31. The lowest BCUT2D eigenvalue weighted by molar-refractivity contribution is 0.0832. The summed E-state index contributed by atoms with van der Waals surface area (Å²) in [7, 11) is 3.40. The molecule has 0 bridgehead atoms. The smallest absolute Gasteiger partial charge is 0.263 e. The van der Waals surface area contributed by atoms with Gasteiger partial charge in [-0.15, -0.1) is 11.3 Å². The van der Waals surface area contributed by atoms with E-state index < -0.39 is 0 Å². The molecular formula is C13H14FNOS.